The van der Waals surface area contributed by atoms with Gasteiger partial charge >= 0.3 is 0 Å². The molecule has 1 aliphatic heterocycles. The predicted molar refractivity (Wildman–Crippen MR) is 109 cm³/mol. The van der Waals surface area contributed by atoms with E-state index in [9.17, 15) is 9.18 Å². The number of carbonyl (C=O) groups is 1. The quantitative estimate of drug-likeness (QED) is 0.636. The first kappa shape index (κ1) is 19.0. The molecular weight excluding hydrogens is 374 g/mol. The van der Waals surface area contributed by atoms with Crippen LogP contribution in [0.3, 0.4) is 0 Å². The maximum absolute atomic E-state index is 15.4. The molecule has 0 bridgehead atoms. The smallest absolute Gasteiger partial charge is 0.246 e. The maximum atomic E-state index is 15.4. The molecule has 5 nitrogen and oxygen atoms in total. The topological polar surface area (TPSA) is 49.3 Å². The van der Waals surface area contributed by atoms with Crippen LogP contribution in [0.25, 0.3) is 22.0 Å². The summed E-state index contributed by atoms with van der Waals surface area (Å²) >= 11 is 0. The van der Waals surface area contributed by atoms with Gasteiger partial charge in [-0.05, 0) is 30.7 Å². The summed E-state index contributed by atoms with van der Waals surface area (Å²) in [4.78, 5) is 24.0. The average Bonchev–Trinajstić information content (AvgIpc) is 2.74. The lowest BCUT2D eigenvalue weighted by Gasteiger charge is -2.35. The summed E-state index contributed by atoms with van der Waals surface area (Å²) in [7, 11) is 0. The SMILES string of the molecule is C=CC(=O)N1CCN(c2ncnc3c(F)c(-c4ccccc4F)c(C)cc23)CC1. The van der Waals surface area contributed by atoms with Gasteiger partial charge in [-0.2, -0.15) is 0 Å². The number of hydrogen-bond donors (Lipinski definition) is 0. The minimum Gasteiger partial charge on any atom is -0.352 e. The minimum absolute atomic E-state index is 0.103. The van der Waals surface area contributed by atoms with Gasteiger partial charge in [0.1, 0.15) is 23.5 Å². The van der Waals surface area contributed by atoms with Crippen molar-refractivity contribution in [3.05, 3.63) is 66.5 Å². The highest BCUT2D eigenvalue weighted by Gasteiger charge is 2.24. The van der Waals surface area contributed by atoms with Crippen molar-refractivity contribution in [1.82, 2.24) is 14.9 Å². The molecule has 4 rings (SSSR count). The van der Waals surface area contributed by atoms with Crippen molar-refractivity contribution in [2.45, 2.75) is 6.92 Å². The van der Waals surface area contributed by atoms with E-state index in [4.69, 9.17) is 0 Å². The Morgan fingerprint density at radius 1 is 1.14 bits per heavy atom. The lowest BCUT2D eigenvalue weighted by molar-refractivity contribution is -0.126. The zero-order chi connectivity index (χ0) is 20.5. The van der Waals surface area contributed by atoms with Crippen molar-refractivity contribution in [3.63, 3.8) is 0 Å². The average molecular weight is 394 g/mol. The van der Waals surface area contributed by atoms with E-state index in [1.54, 1.807) is 36.1 Å². The van der Waals surface area contributed by atoms with Gasteiger partial charge in [-0.15, -0.1) is 0 Å². The lowest BCUT2D eigenvalue weighted by atomic mass is 9.97. The molecular formula is C22H20F2N4O. The number of rotatable bonds is 3. The van der Waals surface area contributed by atoms with Gasteiger partial charge in [0.05, 0.1) is 0 Å². The Hall–Kier alpha value is -3.35. The highest BCUT2D eigenvalue weighted by molar-refractivity contribution is 5.94. The van der Waals surface area contributed by atoms with Gasteiger partial charge in [0.2, 0.25) is 5.91 Å². The van der Waals surface area contributed by atoms with Crippen LogP contribution < -0.4 is 4.90 Å². The van der Waals surface area contributed by atoms with Crippen LogP contribution in [-0.4, -0.2) is 47.0 Å². The molecule has 0 aliphatic carbocycles. The Bertz CT molecular complexity index is 1110. The molecule has 0 spiro atoms. The van der Waals surface area contributed by atoms with Gasteiger partial charge < -0.3 is 9.80 Å². The molecule has 1 aromatic heterocycles. The number of carbonyl (C=O) groups excluding carboxylic acids is 1. The molecule has 1 fully saturated rings. The molecule has 0 unspecified atom stereocenters. The second-order valence-corrected chi connectivity index (χ2v) is 6.97. The van der Waals surface area contributed by atoms with Gasteiger partial charge in [0, 0.05) is 42.7 Å². The normalized spacial score (nSPS) is 14.3. The van der Waals surface area contributed by atoms with Gasteiger partial charge in [0.15, 0.2) is 5.82 Å². The lowest BCUT2D eigenvalue weighted by Crippen LogP contribution is -2.48. The minimum atomic E-state index is -0.561. The van der Waals surface area contributed by atoms with Crippen LogP contribution in [0.5, 0.6) is 0 Å². The van der Waals surface area contributed by atoms with Crippen molar-refractivity contribution >= 4 is 22.6 Å². The number of benzene rings is 2. The monoisotopic (exact) mass is 394 g/mol. The van der Waals surface area contributed by atoms with Crippen molar-refractivity contribution in [2.24, 2.45) is 0 Å². The van der Waals surface area contributed by atoms with E-state index < -0.39 is 11.6 Å². The summed E-state index contributed by atoms with van der Waals surface area (Å²) in [6.07, 6.45) is 2.63. The van der Waals surface area contributed by atoms with Crippen LogP contribution in [-0.2, 0) is 4.79 Å². The molecule has 1 saturated heterocycles. The van der Waals surface area contributed by atoms with Crippen LogP contribution in [0, 0.1) is 18.6 Å². The van der Waals surface area contributed by atoms with Crippen molar-refractivity contribution in [2.75, 3.05) is 31.1 Å². The zero-order valence-corrected chi connectivity index (χ0v) is 16.0. The first-order valence-corrected chi connectivity index (χ1v) is 9.36. The first-order chi connectivity index (χ1) is 14.0. The summed E-state index contributed by atoms with van der Waals surface area (Å²) in [5.74, 6) is -0.531. The summed E-state index contributed by atoms with van der Waals surface area (Å²) in [5.41, 5.74) is 1.18. The number of amides is 1. The van der Waals surface area contributed by atoms with Crippen LogP contribution in [0.4, 0.5) is 14.6 Å². The number of nitrogens with zero attached hydrogens (tertiary/aromatic N) is 4. The number of piperazine rings is 1. The second kappa shape index (κ2) is 7.58. The van der Waals surface area contributed by atoms with E-state index in [-0.39, 0.29) is 22.6 Å². The number of aromatic nitrogens is 2. The van der Waals surface area contributed by atoms with Crippen LogP contribution >= 0.6 is 0 Å². The largest absolute Gasteiger partial charge is 0.352 e. The van der Waals surface area contributed by atoms with Gasteiger partial charge in [-0.25, -0.2) is 18.7 Å². The molecule has 0 atom stereocenters. The van der Waals surface area contributed by atoms with E-state index >= 15 is 4.39 Å². The van der Waals surface area contributed by atoms with E-state index in [0.717, 1.165) is 0 Å². The highest BCUT2D eigenvalue weighted by atomic mass is 19.1. The van der Waals surface area contributed by atoms with E-state index in [1.165, 1.54) is 18.5 Å². The van der Waals surface area contributed by atoms with Crippen LogP contribution in [0.1, 0.15) is 5.56 Å². The molecule has 7 heteroatoms. The third-order valence-corrected chi connectivity index (χ3v) is 5.25. The Kier molecular flexibility index (Phi) is 4.96. The molecule has 1 amide bonds. The maximum Gasteiger partial charge on any atom is 0.246 e. The van der Waals surface area contributed by atoms with Crippen LogP contribution in [0.2, 0.25) is 0 Å². The fourth-order valence-corrected chi connectivity index (χ4v) is 3.79. The van der Waals surface area contributed by atoms with Gasteiger partial charge in [0.25, 0.3) is 0 Å². The predicted octanol–water partition coefficient (Wildman–Crippen LogP) is 3.72. The number of halogens is 2. The summed E-state index contributed by atoms with van der Waals surface area (Å²) in [5, 5.41) is 0.575. The number of hydrogen-bond acceptors (Lipinski definition) is 4. The Morgan fingerprint density at radius 3 is 2.55 bits per heavy atom. The van der Waals surface area contributed by atoms with E-state index in [1.807, 2.05) is 4.90 Å². The third-order valence-electron chi connectivity index (χ3n) is 5.25. The summed E-state index contributed by atoms with van der Waals surface area (Å²) < 4.78 is 29.7. The number of aryl methyl sites for hydroxylation is 1. The molecule has 3 aromatic rings. The zero-order valence-electron chi connectivity index (χ0n) is 16.0. The van der Waals surface area contributed by atoms with Gasteiger partial charge in [-0.1, -0.05) is 24.8 Å². The second-order valence-electron chi connectivity index (χ2n) is 6.97. The van der Waals surface area contributed by atoms with Gasteiger partial charge in [-0.3, -0.25) is 4.79 Å². The molecule has 148 valence electrons. The molecule has 2 heterocycles. The Labute approximate surface area is 167 Å². The molecule has 0 radical (unpaired) electrons. The fourth-order valence-electron chi connectivity index (χ4n) is 3.79. The van der Waals surface area contributed by atoms with Crippen molar-refractivity contribution in [1.29, 1.82) is 0 Å². The molecule has 29 heavy (non-hydrogen) atoms. The van der Waals surface area contributed by atoms with Crippen molar-refractivity contribution < 1.29 is 13.6 Å². The molecule has 2 aromatic carbocycles. The summed E-state index contributed by atoms with van der Waals surface area (Å²) in [6.45, 7) is 7.48. The molecule has 0 N–H and O–H groups in total. The first-order valence-electron chi connectivity index (χ1n) is 9.36. The Morgan fingerprint density at radius 2 is 1.86 bits per heavy atom. The Balaban J connectivity index is 1.76. The third kappa shape index (κ3) is 3.33. The molecule has 0 saturated carbocycles. The number of anilines is 1. The van der Waals surface area contributed by atoms with E-state index in [2.05, 4.69) is 16.5 Å². The van der Waals surface area contributed by atoms with Crippen molar-refractivity contribution in [3.8, 4) is 11.1 Å². The fraction of sp³-hybridized carbons (Fsp3) is 0.227. The van der Waals surface area contributed by atoms with E-state index in [0.29, 0.717) is 42.9 Å². The number of fused-ring (bicyclic) bond motifs is 1. The molecule has 1 aliphatic rings. The van der Waals surface area contributed by atoms with Crippen LogP contribution in [0.15, 0.2) is 49.3 Å². The summed E-state index contributed by atoms with van der Waals surface area (Å²) in [6, 6.07) is 7.93. The highest BCUT2D eigenvalue weighted by Crippen LogP contribution is 2.35. The standard InChI is InChI=1S/C22H20F2N4O/c1-3-18(29)27-8-10-28(11-9-27)22-16-12-14(2)19(15-6-4-5-7-17(15)23)20(24)21(16)25-13-26-22/h3-7,12-13H,1,8-11H2,2H3.